The molecule has 0 aromatic rings. The maximum absolute atomic E-state index is 11.0. The first-order chi connectivity index (χ1) is 6.45. The lowest BCUT2D eigenvalue weighted by Crippen LogP contribution is -2.32. The zero-order valence-corrected chi connectivity index (χ0v) is 11.2. The molecule has 15 heavy (non-hydrogen) atoms. The topological polar surface area (TPSA) is 41.1 Å². The normalized spacial score (nSPS) is 10.7. The van der Waals surface area contributed by atoms with Gasteiger partial charge < -0.3 is 10.6 Å². The molecule has 0 rings (SSSR count). The molecule has 0 spiro atoms. The Morgan fingerprint density at radius 2 is 1.80 bits per heavy atom. The molecule has 4 heteroatoms. The van der Waals surface area contributed by atoms with Gasteiger partial charge >= 0.3 is 0 Å². The quantitative estimate of drug-likeness (QED) is 0.693. The number of amides is 1. The van der Waals surface area contributed by atoms with Crippen LogP contribution in [0.2, 0.25) is 0 Å². The molecule has 0 heterocycles. The molecule has 3 nitrogen and oxygen atoms in total. The summed E-state index contributed by atoms with van der Waals surface area (Å²) in [6, 6.07) is 0. The second kappa shape index (κ2) is 8.98. The van der Waals surface area contributed by atoms with Gasteiger partial charge in [-0.3, -0.25) is 4.79 Å². The summed E-state index contributed by atoms with van der Waals surface area (Å²) in [5.41, 5.74) is 0.412. The van der Waals surface area contributed by atoms with Crippen molar-refractivity contribution < 1.29 is 4.79 Å². The van der Waals surface area contributed by atoms with E-state index in [1.54, 1.807) is 7.05 Å². The Kier molecular flexibility index (Phi) is 10.3. The fourth-order valence-corrected chi connectivity index (χ4v) is 1.23. The van der Waals surface area contributed by atoms with Crippen molar-refractivity contribution >= 4 is 18.3 Å². The molecular weight excluding hydrogens is 212 g/mol. The van der Waals surface area contributed by atoms with Crippen LogP contribution in [0.15, 0.2) is 0 Å². The van der Waals surface area contributed by atoms with E-state index in [0.717, 1.165) is 13.0 Å². The third kappa shape index (κ3) is 13.7. The maximum atomic E-state index is 11.0. The van der Waals surface area contributed by atoms with E-state index in [1.807, 2.05) is 0 Å². The summed E-state index contributed by atoms with van der Waals surface area (Å²) in [5.74, 6) is 0.0864. The van der Waals surface area contributed by atoms with E-state index < -0.39 is 0 Å². The van der Waals surface area contributed by atoms with E-state index in [2.05, 4.69) is 31.4 Å². The number of rotatable bonds is 6. The van der Waals surface area contributed by atoms with Crippen molar-refractivity contribution in [2.75, 3.05) is 20.1 Å². The molecule has 0 aliphatic heterocycles. The third-order valence-electron chi connectivity index (χ3n) is 2.01. The first kappa shape index (κ1) is 17.1. The second-order valence-electron chi connectivity index (χ2n) is 4.90. The van der Waals surface area contributed by atoms with Crippen LogP contribution < -0.4 is 10.6 Å². The smallest absolute Gasteiger partial charge is 0.233 e. The van der Waals surface area contributed by atoms with E-state index in [0.29, 0.717) is 12.0 Å². The standard InChI is InChI=1S/C11H24N2O.ClH/c1-11(2,3)7-5-6-8-13-10(14)9-12-4;/h12H,5-9H2,1-4H3,(H,13,14);1H. The SMILES string of the molecule is CNCC(=O)NCCCCC(C)(C)C.Cl. The van der Waals surface area contributed by atoms with Gasteiger partial charge in [0.15, 0.2) is 0 Å². The van der Waals surface area contributed by atoms with Gasteiger partial charge in [0.25, 0.3) is 0 Å². The van der Waals surface area contributed by atoms with Gasteiger partial charge in [0.2, 0.25) is 5.91 Å². The fourth-order valence-electron chi connectivity index (χ4n) is 1.23. The van der Waals surface area contributed by atoms with Gasteiger partial charge in [-0.1, -0.05) is 27.2 Å². The first-order valence-electron chi connectivity index (χ1n) is 5.37. The lowest BCUT2D eigenvalue weighted by Gasteiger charge is -2.17. The predicted octanol–water partition coefficient (Wildman–Crippen LogP) is 1.96. The van der Waals surface area contributed by atoms with Crippen molar-refractivity contribution in [1.82, 2.24) is 10.6 Å². The van der Waals surface area contributed by atoms with Crippen molar-refractivity contribution in [3.05, 3.63) is 0 Å². The minimum absolute atomic E-state index is 0. The van der Waals surface area contributed by atoms with Crippen molar-refractivity contribution in [3.8, 4) is 0 Å². The lowest BCUT2D eigenvalue weighted by molar-refractivity contribution is -0.120. The minimum Gasteiger partial charge on any atom is -0.355 e. The van der Waals surface area contributed by atoms with E-state index in [9.17, 15) is 4.79 Å². The van der Waals surface area contributed by atoms with Gasteiger partial charge in [0.05, 0.1) is 6.54 Å². The highest BCUT2D eigenvalue weighted by Gasteiger charge is 2.08. The van der Waals surface area contributed by atoms with Crippen LogP contribution in [-0.4, -0.2) is 26.0 Å². The number of carbonyl (C=O) groups excluding carboxylic acids is 1. The number of hydrogen-bond donors (Lipinski definition) is 2. The van der Waals surface area contributed by atoms with Crippen molar-refractivity contribution in [3.63, 3.8) is 0 Å². The van der Waals surface area contributed by atoms with Crippen molar-refractivity contribution in [2.45, 2.75) is 40.0 Å². The number of carbonyl (C=O) groups is 1. The highest BCUT2D eigenvalue weighted by atomic mass is 35.5. The molecule has 0 aliphatic rings. The summed E-state index contributed by atoms with van der Waals surface area (Å²) >= 11 is 0. The Balaban J connectivity index is 0. The molecule has 0 saturated heterocycles. The number of hydrogen-bond acceptors (Lipinski definition) is 2. The van der Waals surface area contributed by atoms with Gasteiger partial charge in [0.1, 0.15) is 0 Å². The molecule has 0 aliphatic carbocycles. The maximum Gasteiger partial charge on any atom is 0.233 e. The Bertz CT molecular complexity index is 166. The number of nitrogens with one attached hydrogen (secondary N) is 2. The van der Waals surface area contributed by atoms with E-state index >= 15 is 0 Å². The molecule has 92 valence electrons. The molecule has 0 radical (unpaired) electrons. The van der Waals surface area contributed by atoms with Gasteiger partial charge in [-0.25, -0.2) is 0 Å². The van der Waals surface area contributed by atoms with Crippen LogP contribution in [0, 0.1) is 5.41 Å². The Hall–Kier alpha value is -0.280. The largest absolute Gasteiger partial charge is 0.355 e. The van der Waals surface area contributed by atoms with Gasteiger partial charge in [0, 0.05) is 6.54 Å². The van der Waals surface area contributed by atoms with Crippen LogP contribution in [0.3, 0.4) is 0 Å². The second-order valence-corrected chi connectivity index (χ2v) is 4.90. The van der Waals surface area contributed by atoms with Gasteiger partial charge in [-0.15, -0.1) is 12.4 Å². The zero-order chi connectivity index (χ0) is 11.0. The van der Waals surface area contributed by atoms with E-state index in [4.69, 9.17) is 0 Å². The zero-order valence-electron chi connectivity index (χ0n) is 10.4. The molecule has 0 aromatic carbocycles. The highest BCUT2D eigenvalue weighted by molar-refractivity contribution is 5.85. The van der Waals surface area contributed by atoms with E-state index in [1.165, 1.54) is 12.8 Å². The summed E-state index contributed by atoms with van der Waals surface area (Å²) < 4.78 is 0. The molecule has 0 bridgehead atoms. The molecule has 0 aromatic heterocycles. The summed E-state index contributed by atoms with van der Waals surface area (Å²) in [7, 11) is 1.78. The Morgan fingerprint density at radius 1 is 1.20 bits per heavy atom. The molecule has 1 amide bonds. The molecule has 0 fully saturated rings. The number of likely N-dealkylation sites (N-methyl/N-ethyl adjacent to an activating group) is 1. The molecule has 0 atom stereocenters. The third-order valence-corrected chi connectivity index (χ3v) is 2.01. The molecule has 0 saturated carbocycles. The van der Waals surface area contributed by atoms with Crippen LogP contribution in [-0.2, 0) is 4.79 Å². The van der Waals surface area contributed by atoms with Crippen LogP contribution in [0.1, 0.15) is 40.0 Å². The lowest BCUT2D eigenvalue weighted by atomic mass is 9.90. The Labute approximate surface area is 99.8 Å². The minimum atomic E-state index is 0. The van der Waals surface area contributed by atoms with Crippen LogP contribution >= 0.6 is 12.4 Å². The van der Waals surface area contributed by atoms with E-state index in [-0.39, 0.29) is 18.3 Å². The van der Waals surface area contributed by atoms with Crippen molar-refractivity contribution in [1.29, 1.82) is 0 Å². The van der Waals surface area contributed by atoms with Crippen molar-refractivity contribution in [2.24, 2.45) is 5.41 Å². The molecule has 0 unspecified atom stereocenters. The fraction of sp³-hybridized carbons (Fsp3) is 0.909. The molecule has 2 N–H and O–H groups in total. The van der Waals surface area contributed by atoms with Crippen LogP contribution in [0.5, 0.6) is 0 Å². The average molecular weight is 237 g/mol. The predicted molar refractivity (Wildman–Crippen MR) is 67.5 cm³/mol. The number of unbranched alkanes of at least 4 members (excludes halogenated alkanes) is 1. The Morgan fingerprint density at radius 3 is 2.27 bits per heavy atom. The van der Waals surface area contributed by atoms with Crippen LogP contribution in [0.25, 0.3) is 0 Å². The highest BCUT2D eigenvalue weighted by Crippen LogP contribution is 2.20. The summed E-state index contributed by atoms with van der Waals surface area (Å²) in [6.45, 7) is 7.95. The van der Waals surface area contributed by atoms with Gasteiger partial charge in [-0.05, 0) is 25.3 Å². The number of halogens is 1. The summed E-state index contributed by atoms with van der Waals surface area (Å²) in [6.07, 6.45) is 3.48. The monoisotopic (exact) mass is 236 g/mol. The molecular formula is C11H25ClN2O. The van der Waals surface area contributed by atoms with Crippen LogP contribution in [0.4, 0.5) is 0 Å². The summed E-state index contributed by atoms with van der Waals surface area (Å²) in [5, 5.41) is 5.69. The summed E-state index contributed by atoms with van der Waals surface area (Å²) in [4.78, 5) is 11.0. The average Bonchev–Trinajstić information content (AvgIpc) is 2.02. The van der Waals surface area contributed by atoms with Gasteiger partial charge in [-0.2, -0.15) is 0 Å². The first-order valence-corrected chi connectivity index (χ1v) is 5.37.